The highest BCUT2D eigenvalue weighted by atomic mass is 19.1. The van der Waals surface area contributed by atoms with Crippen LogP contribution in [-0.4, -0.2) is 21.6 Å². The molecule has 1 heterocycles. The summed E-state index contributed by atoms with van der Waals surface area (Å²) in [6.45, 7) is 0. The van der Waals surface area contributed by atoms with Gasteiger partial charge >= 0.3 is 5.97 Å². The largest absolute Gasteiger partial charge is 0.478 e. The van der Waals surface area contributed by atoms with Crippen molar-refractivity contribution in [1.82, 2.24) is 4.57 Å². The molecule has 0 atom stereocenters. The van der Waals surface area contributed by atoms with Crippen molar-refractivity contribution in [2.75, 3.05) is 5.32 Å². The van der Waals surface area contributed by atoms with Gasteiger partial charge in [0.25, 0.3) is 5.91 Å². The summed E-state index contributed by atoms with van der Waals surface area (Å²) in [5.41, 5.74) is 1.34. The minimum Gasteiger partial charge on any atom is -0.478 e. The third kappa shape index (κ3) is 4.14. The second kappa shape index (κ2) is 8.01. The van der Waals surface area contributed by atoms with E-state index >= 15 is 0 Å². The Morgan fingerprint density at radius 2 is 1.86 bits per heavy atom. The SMILES string of the molecule is N#CC(=Cc1cccn1-c1ccc(F)cc1)C(=O)Nc1cccc(C(=O)O)c1. The number of amides is 1. The first-order chi connectivity index (χ1) is 13.5. The van der Waals surface area contributed by atoms with Crippen LogP contribution < -0.4 is 5.32 Å². The van der Waals surface area contributed by atoms with Gasteiger partial charge in [-0.3, -0.25) is 4.79 Å². The van der Waals surface area contributed by atoms with Gasteiger partial charge in [-0.15, -0.1) is 0 Å². The second-order valence-electron chi connectivity index (χ2n) is 5.79. The minimum absolute atomic E-state index is 0.0190. The fraction of sp³-hybridized carbons (Fsp3) is 0. The summed E-state index contributed by atoms with van der Waals surface area (Å²) in [6, 6.07) is 16.8. The first-order valence-corrected chi connectivity index (χ1v) is 8.18. The summed E-state index contributed by atoms with van der Waals surface area (Å²) < 4.78 is 14.8. The molecule has 1 amide bonds. The molecule has 0 aliphatic carbocycles. The number of carbonyl (C=O) groups is 2. The van der Waals surface area contributed by atoms with Crippen LogP contribution in [0.3, 0.4) is 0 Å². The van der Waals surface area contributed by atoms with Crippen molar-refractivity contribution in [3.8, 4) is 11.8 Å². The number of aromatic nitrogens is 1. The summed E-state index contributed by atoms with van der Waals surface area (Å²) in [7, 11) is 0. The number of halogens is 1. The summed E-state index contributed by atoms with van der Waals surface area (Å²) in [5, 5.41) is 20.9. The van der Waals surface area contributed by atoms with Crippen LogP contribution in [0.4, 0.5) is 10.1 Å². The standard InChI is InChI=1S/C21H14FN3O3/c22-16-6-8-18(9-7-16)25-10-2-5-19(25)12-15(13-23)20(26)24-17-4-1-3-14(11-17)21(27)28/h1-12H,(H,24,26)(H,27,28). The summed E-state index contributed by atoms with van der Waals surface area (Å²) in [6.07, 6.45) is 3.13. The Morgan fingerprint density at radius 3 is 2.54 bits per heavy atom. The van der Waals surface area contributed by atoms with E-state index in [4.69, 9.17) is 5.11 Å². The molecule has 2 aromatic carbocycles. The number of nitriles is 1. The van der Waals surface area contributed by atoms with Crippen LogP contribution in [0, 0.1) is 17.1 Å². The Labute approximate surface area is 159 Å². The van der Waals surface area contributed by atoms with Gasteiger partial charge in [0, 0.05) is 23.3 Å². The van der Waals surface area contributed by atoms with E-state index in [9.17, 15) is 19.2 Å². The monoisotopic (exact) mass is 375 g/mol. The first kappa shape index (κ1) is 18.6. The lowest BCUT2D eigenvalue weighted by atomic mass is 10.1. The molecule has 0 bridgehead atoms. The van der Waals surface area contributed by atoms with Gasteiger partial charge < -0.3 is 15.0 Å². The zero-order chi connectivity index (χ0) is 20.1. The molecular weight excluding hydrogens is 361 g/mol. The molecule has 0 fully saturated rings. The van der Waals surface area contributed by atoms with Crippen molar-refractivity contribution >= 4 is 23.6 Å². The number of hydrogen-bond acceptors (Lipinski definition) is 3. The Hall–Kier alpha value is -4.18. The molecule has 1 aromatic heterocycles. The van der Waals surface area contributed by atoms with Crippen LogP contribution >= 0.6 is 0 Å². The van der Waals surface area contributed by atoms with Crippen molar-refractivity contribution in [3.63, 3.8) is 0 Å². The lowest BCUT2D eigenvalue weighted by molar-refractivity contribution is -0.112. The van der Waals surface area contributed by atoms with Crippen molar-refractivity contribution in [2.24, 2.45) is 0 Å². The van der Waals surface area contributed by atoms with Gasteiger partial charge in [-0.2, -0.15) is 5.26 Å². The molecule has 2 N–H and O–H groups in total. The number of carboxylic acid groups (broad SMARTS) is 1. The lowest BCUT2D eigenvalue weighted by Gasteiger charge is -2.08. The number of hydrogen-bond donors (Lipinski definition) is 2. The Balaban J connectivity index is 1.87. The van der Waals surface area contributed by atoms with Gasteiger partial charge in [-0.25, -0.2) is 9.18 Å². The normalized spacial score (nSPS) is 10.9. The second-order valence-corrected chi connectivity index (χ2v) is 5.79. The maximum absolute atomic E-state index is 13.1. The molecule has 0 aliphatic heterocycles. The summed E-state index contributed by atoms with van der Waals surface area (Å²) in [4.78, 5) is 23.5. The van der Waals surface area contributed by atoms with Crippen LogP contribution in [0.15, 0.2) is 72.4 Å². The fourth-order valence-corrected chi connectivity index (χ4v) is 2.57. The Kier molecular flexibility index (Phi) is 5.33. The maximum Gasteiger partial charge on any atom is 0.335 e. The van der Waals surface area contributed by atoms with Crippen molar-refractivity contribution in [2.45, 2.75) is 0 Å². The summed E-state index contributed by atoms with van der Waals surface area (Å²) in [5.74, 6) is -2.16. The quantitative estimate of drug-likeness (QED) is 0.523. The predicted molar refractivity (Wildman–Crippen MR) is 101 cm³/mol. The van der Waals surface area contributed by atoms with E-state index in [0.29, 0.717) is 11.4 Å². The molecule has 0 radical (unpaired) electrons. The predicted octanol–water partition coefficient (Wildman–Crippen LogP) is 3.86. The molecule has 0 saturated heterocycles. The van der Waals surface area contributed by atoms with Crippen LogP contribution in [0.25, 0.3) is 11.8 Å². The van der Waals surface area contributed by atoms with Crippen molar-refractivity contribution in [3.05, 3.63) is 89.5 Å². The highest BCUT2D eigenvalue weighted by Gasteiger charge is 2.12. The number of aromatic carboxylic acids is 1. The van der Waals surface area contributed by atoms with Crippen LogP contribution in [0.1, 0.15) is 16.1 Å². The molecule has 3 rings (SSSR count). The van der Waals surface area contributed by atoms with Crippen LogP contribution in [-0.2, 0) is 4.79 Å². The maximum atomic E-state index is 13.1. The van der Waals surface area contributed by atoms with Gasteiger partial charge in [-0.05, 0) is 60.7 Å². The molecule has 0 unspecified atom stereocenters. The molecule has 6 nitrogen and oxygen atoms in total. The molecule has 0 aliphatic rings. The van der Waals surface area contributed by atoms with E-state index in [1.165, 1.54) is 42.5 Å². The van der Waals surface area contributed by atoms with Crippen LogP contribution in [0.5, 0.6) is 0 Å². The molecule has 0 saturated carbocycles. The molecule has 28 heavy (non-hydrogen) atoms. The average Bonchev–Trinajstić information content (AvgIpc) is 3.15. The molecule has 138 valence electrons. The van der Waals surface area contributed by atoms with E-state index in [1.807, 2.05) is 6.07 Å². The van der Waals surface area contributed by atoms with E-state index in [2.05, 4.69) is 5.32 Å². The van der Waals surface area contributed by atoms with Gasteiger partial charge in [0.2, 0.25) is 0 Å². The highest BCUT2D eigenvalue weighted by molar-refractivity contribution is 6.09. The number of anilines is 1. The fourth-order valence-electron chi connectivity index (χ4n) is 2.57. The number of nitrogens with one attached hydrogen (secondary N) is 1. The molecular formula is C21H14FN3O3. The Bertz CT molecular complexity index is 1110. The third-order valence-corrected chi connectivity index (χ3v) is 3.91. The number of rotatable bonds is 5. The molecule has 0 spiro atoms. The zero-order valence-electron chi connectivity index (χ0n) is 14.5. The Morgan fingerprint density at radius 1 is 1.11 bits per heavy atom. The van der Waals surface area contributed by atoms with E-state index in [-0.39, 0.29) is 22.6 Å². The first-order valence-electron chi connectivity index (χ1n) is 8.18. The van der Waals surface area contributed by atoms with Gasteiger partial charge in [0.15, 0.2) is 0 Å². The van der Waals surface area contributed by atoms with Crippen molar-refractivity contribution < 1.29 is 19.1 Å². The molecule has 3 aromatic rings. The van der Waals surface area contributed by atoms with Gasteiger partial charge in [0.05, 0.1) is 5.56 Å². The molecule has 7 heteroatoms. The smallest absolute Gasteiger partial charge is 0.335 e. The summed E-state index contributed by atoms with van der Waals surface area (Å²) >= 11 is 0. The number of nitrogens with zero attached hydrogens (tertiary/aromatic N) is 2. The lowest BCUT2D eigenvalue weighted by Crippen LogP contribution is -2.14. The van der Waals surface area contributed by atoms with E-state index in [1.54, 1.807) is 35.0 Å². The van der Waals surface area contributed by atoms with Crippen molar-refractivity contribution in [1.29, 1.82) is 5.26 Å². The number of carboxylic acids is 1. The average molecular weight is 375 g/mol. The zero-order valence-corrected chi connectivity index (χ0v) is 14.5. The minimum atomic E-state index is -1.12. The third-order valence-electron chi connectivity index (χ3n) is 3.91. The highest BCUT2D eigenvalue weighted by Crippen LogP contribution is 2.17. The van der Waals surface area contributed by atoms with E-state index in [0.717, 1.165) is 0 Å². The van der Waals surface area contributed by atoms with Gasteiger partial charge in [0.1, 0.15) is 17.5 Å². The number of carbonyl (C=O) groups excluding carboxylic acids is 1. The van der Waals surface area contributed by atoms with Crippen LogP contribution in [0.2, 0.25) is 0 Å². The van der Waals surface area contributed by atoms with Gasteiger partial charge in [-0.1, -0.05) is 6.07 Å². The number of benzene rings is 2. The topological polar surface area (TPSA) is 95.1 Å². The van der Waals surface area contributed by atoms with E-state index < -0.39 is 11.9 Å².